The van der Waals surface area contributed by atoms with Crippen LogP contribution in [0.1, 0.15) is 18.1 Å². The van der Waals surface area contributed by atoms with Crippen molar-refractivity contribution in [2.75, 3.05) is 11.1 Å². The third kappa shape index (κ3) is 4.33. The van der Waals surface area contributed by atoms with Crippen LogP contribution in [-0.2, 0) is 23.9 Å². The number of aryl methyl sites for hydroxylation is 1. The fourth-order valence-corrected chi connectivity index (χ4v) is 4.63. The molecule has 0 atom stereocenters. The summed E-state index contributed by atoms with van der Waals surface area (Å²) < 4.78 is 41.9. The van der Waals surface area contributed by atoms with Crippen molar-refractivity contribution in [3.05, 3.63) is 100 Å². The van der Waals surface area contributed by atoms with Crippen molar-refractivity contribution in [2.24, 2.45) is 0 Å². The number of anilines is 2. The molecule has 0 unspecified atom stereocenters. The molecule has 0 radical (unpaired) electrons. The first kappa shape index (κ1) is 24.2. The third-order valence-corrected chi connectivity index (χ3v) is 6.37. The van der Waals surface area contributed by atoms with Crippen LogP contribution in [0.5, 0.6) is 0 Å². The van der Waals surface area contributed by atoms with E-state index in [1.807, 2.05) is 49.4 Å². The maximum absolute atomic E-state index is 13.9. The lowest BCUT2D eigenvalue weighted by molar-refractivity contribution is -0.137. The topological polar surface area (TPSA) is 81.5 Å². The zero-order valence-corrected chi connectivity index (χ0v) is 19.8. The number of benzene rings is 3. The van der Waals surface area contributed by atoms with E-state index < -0.39 is 17.6 Å². The largest absolute Gasteiger partial charge is 0.416 e. The van der Waals surface area contributed by atoms with Crippen molar-refractivity contribution in [2.45, 2.75) is 26.1 Å². The van der Waals surface area contributed by atoms with Crippen LogP contribution in [0.15, 0.2) is 83.7 Å². The number of nitrogens with zero attached hydrogens (tertiary/aromatic N) is 2. The summed E-state index contributed by atoms with van der Waals surface area (Å²) in [6.07, 6.45) is -3.90. The molecule has 0 bridgehead atoms. The average Bonchev–Trinajstić information content (AvgIpc) is 3.18. The Morgan fingerprint density at radius 2 is 1.59 bits per heavy atom. The first-order valence-electron chi connectivity index (χ1n) is 11.7. The van der Waals surface area contributed by atoms with Gasteiger partial charge in [-0.15, -0.1) is 0 Å². The van der Waals surface area contributed by atoms with Gasteiger partial charge in [0.05, 0.1) is 22.2 Å². The average molecular weight is 505 g/mol. The van der Waals surface area contributed by atoms with E-state index >= 15 is 0 Å². The Labute approximate surface area is 209 Å². The molecule has 3 aromatic carbocycles. The van der Waals surface area contributed by atoms with E-state index in [2.05, 4.69) is 5.32 Å². The molecule has 3 N–H and O–H groups in total. The molecule has 5 rings (SSSR count). The number of amides is 1. The predicted molar refractivity (Wildman–Crippen MR) is 138 cm³/mol. The van der Waals surface area contributed by atoms with Crippen molar-refractivity contribution >= 4 is 34.0 Å². The molecule has 0 fully saturated rings. The Kier molecular flexibility index (Phi) is 5.99. The summed E-state index contributed by atoms with van der Waals surface area (Å²) in [5.41, 5.74) is 9.68. The van der Waals surface area contributed by atoms with Gasteiger partial charge < -0.3 is 15.6 Å². The molecule has 9 heteroatoms. The molecule has 6 nitrogen and oxygen atoms in total. The highest BCUT2D eigenvalue weighted by Crippen LogP contribution is 2.31. The lowest BCUT2D eigenvalue weighted by Gasteiger charge is -2.13. The highest BCUT2D eigenvalue weighted by molar-refractivity contribution is 5.93. The summed E-state index contributed by atoms with van der Waals surface area (Å²) in [6, 6.07) is 20.6. The van der Waals surface area contributed by atoms with Crippen LogP contribution < -0.4 is 16.6 Å². The third-order valence-electron chi connectivity index (χ3n) is 6.37. The van der Waals surface area contributed by atoms with Gasteiger partial charge in [0, 0.05) is 16.9 Å². The van der Waals surface area contributed by atoms with Gasteiger partial charge in [-0.1, -0.05) is 37.3 Å². The molecule has 1 amide bonds. The standard InChI is InChI=1S/C28H23F3N4O2/c1-2-17-15-25-34(16-24(36)33-19-13-11-18(12-14-19)28(29,30)31)22-9-5-6-10-23(22)35(25)27(37)26(17)20-7-3-4-8-21(20)32/h3-15H,2,16,32H2,1H3,(H,33,36). The van der Waals surface area contributed by atoms with E-state index in [0.29, 0.717) is 39.9 Å². The minimum Gasteiger partial charge on any atom is -0.398 e. The molecule has 188 valence electrons. The Bertz CT molecular complexity index is 1700. The van der Waals surface area contributed by atoms with Crippen molar-refractivity contribution in [1.82, 2.24) is 8.97 Å². The quantitative estimate of drug-likeness (QED) is 0.300. The minimum absolute atomic E-state index is 0.145. The van der Waals surface area contributed by atoms with E-state index in [9.17, 15) is 22.8 Å². The summed E-state index contributed by atoms with van der Waals surface area (Å²) in [7, 11) is 0. The lowest BCUT2D eigenvalue weighted by atomic mass is 9.98. The van der Waals surface area contributed by atoms with Crippen LogP contribution in [0.4, 0.5) is 24.5 Å². The molecule has 0 aliphatic rings. The van der Waals surface area contributed by atoms with Crippen molar-refractivity contribution < 1.29 is 18.0 Å². The van der Waals surface area contributed by atoms with Gasteiger partial charge in [-0.25, -0.2) is 0 Å². The van der Waals surface area contributed by atoms with E-state index in [-0.39, 0.29) is 17.8 Å². The first-order chi connectivity index (χ1) is 17.7. The van der Waals surface area contributed by atoms with Gasteiger partial charge in [0.15, 0.2) is 0 Å². The van der Waals surface area contributed by atoms with E-state index in [1.54, 1.807) is 21.1 Å². The molecular weight excluding hydrogens is 481 g/mol. The normalized spacial score (nSPS) is 11.8. The smallest absolute Gasteiger partial charge is 0.398 e. The van der Waals surface area contributed by atoms with Gasteiger partial charge in [-0.2, -0.15) is 13.2 Å². The molecule has 0 spiro atoms. The number of carbonyl (C=O) groups is 1. The number of rotatable bonds is 5. The highest BCUT2D eigenvalue weighted by atomic mass is 19.4. The fourth-order valence-electron chi connectivity index (χ4n) is 4.63. The number of para-hydroxylation sites is 3. The molecule has 2 heterocycles. The summed E-state index contributed by atoms with van der Waals surface area (Å²) in [5.74, 6) is -0.440. The van der Waals surface area contributed by atoms with Crippen molar-refractivity contribution in [1.29, 1.82) is 0 Å². The number of hydrogen-bond acceptors (Lipinski definition) is 3. The number of carbonyl (C=O) groups excluding carboxylic acids is 1. The molecule has 5 aromatic rings. The number of imidazole rings is 1. The lowest BCUT2D eigenvalue weighted by Crippen LogP contribution is -2.21. The number of halogens is 3. The number of aromatic nitrogens is 2. The monoisotopic (exact) mass is 504 g/mol. The van der Waals surface area contributed by atoms with Gasteiger partial charge in [0.1, 0.15) is 12.2 Å². The zero-order valence-electron chi connectivity index (χ0n) is 19.8. The van der Waals surface area contributed by atoms with Gasteiger partial charge in [-0.3, -0.25) is 14.0 Å². The number of nitrogen functional groups attached to an aromatic ring is 1. The van der Waals surface area contributed by atoms with Crippen molar-refractivity contribution in [3.63, 3.8) is 0 Å². The minimum atomic E-state index is -4.46. The zero-order chi connectivity index (χ0) is 26.3. The number of hydrogen-bond donors (Lipinski definition) is 2. The molecule has 0 saturated carbocycles. The van der Waals surface area contributed by atoms with E-state index in [0.717, 1.165) is 17.7 Å². The Balaban J connectivity index is 1.60. The number of fused-ring (bicyclic) bond motifs is 3. The van der Waals surface area contributed by atoms with Gasteiger partial charge in [0.2, 0.25) is 5.91 Å². The van der Waals surface area contributed by atoms with Crippen LogP contribution in [-0.4, -0.2) is 14.9 Å². The summed E-state index contributed by atoms with van der Waals surface area (Å²) in [4.78, 5) is 26.8. The molecule has 0 aliphatic heterocycles. The Morgan fingerprint density at radius 3 is 2.24 bits per heavy atom. The molecule has 37 heavy (non-hydrogen) atoms. The van der Waals surface area contributed by atoms with Gasteiger partial charge in [-0.05, 0) is 60.5 Å². The van der Waals surface area contributed by atoms with Crippen LogP contribution in [0.2, 0.25) is 0 Å². The van der Waals surface area contributed by atoms with Crippen molar-refractivity contribution in [3.8, 4) is 11.1 Å². The Hall–Kier alpha value is -4.53. The molecule has 0 saturated heterocycles. The second-order valence-corrected chi connectivity index (χ2v) is 8.68. The predicted octanol–water partition coefficient (Wildman–Crippen LogP) is 5.72. The number of alkyl halides is 3. The van der Waals surface area contributed by atoms with E-state index in [1.165, 1.54) is 12.1 Å². The summed E-state index contributed by atoms with van der Waals surface area (Å²) >= 11 is 0. The molecule has 0 aliphatic carbocycles. The Morgan fingerprint density at radius 1 is 0.946 bits per heavy atom. The van der Waals surface area contributed by atoms with Crippen LogP contribution in [0.3, 0.4) is 0 Å². The first-order valence-corrected chi connectivity index (χ1v) is 11.7. The molecular formula is C28H23F3N4O2. The van der Waals surface area contributed by atoms with Gasteiger partial charge >= 0.3 is 6.18 Å². The maximum atomic E-state index is 13.9. The number of nitrogens with two attached hydrogens (primary N) is 1. The number of pyridine rings is 1. The highest BCUT2D eigenvalue weighted by Gasteiger charge is 2.30. The summed E-state index contributed by atoms with van der Waals surface area (Å²) in [6.45, 7) is 1.80. The van der Waals surface area contributed by atoms with Crippen LogP contribution in [0.25, 0.3) is 27.8 Å². The second kappa shape index (κ2) is 9.16. The fraction of sp³-hybridized carbons (Fsp3) is 0.143. The maximum Gasteiger partial charge on any atom is 0.416 e. The van der Waals surface area contributed by atoms with Crippen LogP contribution in [0, 0.1) is 0 Å². The van der Waals surface area contributed by atoms with Gasteiger partial charge in [0.25, 0.3) is 5.56 Å². The SMILES string of the molecule is CCc1cc2n(CC(=O)Nc3ccc(C(F)(F)F)cc3)c3ccccc3n2c(=O)c1-c1ccccc1N. The van der Waals surface area contributed by atoms with Crippen LogP contribution >= 0.6 is 0 Å². The van der Waals surface area contributed by atoms with E-state index in [4.69, 9.17) is 5.73 Å². The molecule has 2 aromatic heterocycles. The number of nitrogens with one attached hydrogen (secondary N) is 1. The second-order valence-electron chi connectivity index (χ2n) is 8.68. The summed E-state index contributed by atoms with van der Waals surface area (Å²) in [5, 5.41) is 2.65.